The number of pyridine rings is 1. The van der Waals surface area contributed by atoms with Crippen LogP contribution in [-0.4, -0.2) is 52.9 Å². The van der Waals surface area contributed by atoms with Crippen molar-refractivity contribution in [1.82, 2.24) is 19.8 Å². The lowest BCUT2D eigenvalue weighted by Crippen LogP contribution is -2.36. The lowest BCUT2D eigenvalue weighted by atomic mass is 10.1. The van der Waals surface area contributed by atoms with Crippen LogP contribution in [0.25, 0.3) is 21.8 Å². The van der Waals surface area contributed by atoms with E-state index in [4.69, 9.17) is 0 Å². The van der Waals surface area contributed by atoms with Gasteiger partial charge in [0.25, 0.3) is 5.91 Å². The zero-order valence-corrected chi connectivity index (χ0v) is 16.2. The Labute approximate surface area is 164 Å². The van der Waals surface area contributed by atoms with Crippen LogP contribution in [0.3, 0.4) is 0 Å². The summed E-state index contributed by atoms with van der Waals surface area (Å²) in [7, 11) is 4.04. The number of hydrogen-bond acceptors (Lipinski definition) is 3. The molecule has 2 aromatic heterocycles. The fourth-order valence-electron chi connectivity index (χ4n) is 3.40. The molecule has 5 heteroatoms. The summed E-state index contributed by atoms with van der Waals surface area (Å²) in [4.78, 5) is 25.1. The van der Waals surface area contributed by atoms with Crippen LogP contribution in [-0.2, 0) is 6.54 Å². The van der Waals surface area contributed by atoms with Crippen LogP contribution in [0.1, 0.15) is 16.1 Å². The number of nitrogens with one attached hydrogen (secondary N) is 1. The smallest absolute Gasteiger partial charge is 0.270 e. The lowest BCUT2D eigenvalue weighted by molar-refractivity contribution is 0.0727. The highest BCUT2D eigenvalue weighted by Crippen LogP contribution is 2.24. The molecule has 4 aromatic rings. The monoisotopic (exact) mass is 372 g/mol. The zero-order valence-electron chi connectivity index (χ0n) is 16.2. The molecule has 1 amide bonds. The molecule has 2 aromatic carbocycles. The fraction of sp³-hybridized carbons (Fsp3) is 0.217. The van der Waals surface area contributed by atoms with E-state index in [2.05, 4.69) is 27.0 Å². The molecule has 0 aliphatic heterocycles. The topological polar surface area (TPSA) is 52.2 Å². The number of carbonyl (C=O) groups excluding carboxylic acids is 1. The average Bonchev–Trinajstić information content (AvgIpc) is 3.16. The minimum absolute atomic E-state index is 0.00554. The molecule has 1 N–H and O–H groups in total. The summed E-state index contributed by atoms with van der Waals surface area (Å²) in [5.41, 5.74) is 3.52. The SMILES string of the molecule is CN(C)CCN(Cc1ccccc1)C(=O)c1cc2ccc3cccnc3c2[nH]1. The Balaban J connectivity index is 1.68. The number of H-pyrrole nitrogens is 1. The van der Waals surface area contributed by atoms with Gasteiger partial charge in [-0.3, -0.25) is 9.78 Å². The molecule has 4 rings (SSSR count). The zero-order chi connectivity index (χ0) is 19.5. The number of aromatic nitrogens is 2. The molecule has 0 unspecified atom stereocenters. The first kappa shape index (κ1) is 18.2. The predicted octanol–water partition coefficient (Wildman–Crippen LogP) is 3.92. The Morgan fingerprint density at radius 1 is 0.964 bits per heavy atom. The second kappa shape index (κ2) is 7.82. The second-order valence-corrected chi connectivity index (χ2v) is 7.30. The molecule has 0 radical (unpaired) electrons. The molecule has 0 saturated heterocycles. The van der Waals surface area contributed by atoms with Gasteiger partial charge in [0.1, 0.15) is 5.69 Å². The van der Waals surface area contributed by atoms with Gasteiger partial charge in [0.2, 0.25) is 0 Å². The molecule has 0 aliphatic carbocycles. The molecule has 0 saturated carbocycles. The summed E-state index contributed by atoms with van der Waals surface area (Å²) in [5, 5.41) is 2.06. The molecule has 142 valence electrons. The van der Waals surface area contributed by atoms with Gasteiger partial charge < -0.3 is 14.8 Å². The van der Waals surface area contributed by atoms with Gasteiger partial charge in [0.15, 0.2) is 0 Å². The van der Waals surface area contributed by atoms with Crippen LogP contribution in [0.2, 0.25) is 0 Å². The van der Waals surface area contributed by atoms with E-state index in [9.17, 15) is 4.79 Å². The Morgan fingerprint density at radius 3 is 2.54 bits per heavy atom. The summed E-state index contributed by atoms with van der Waals surface area (Å²) in [5.74, 6) is 0.00554. The first-order valence-electron chi connectivity index (χ1n) is 9.46. The van der Waals surface area contributed by atoms with Crippen LogP contribution in [0.5, 0.6) is 0 Å². The number of fused-ring (bicyclic) bond motifs is 3. The van der Waals surface area contributed by atoms with Crippen molar-refractivity contribution in [3.8, 4) is 0 Å². The van der Waals surface area contributed by atoms with E-state index < -0.39 is 0 Å². The number of rotatable bonds is 6. The van der Waals surface area contributed by atoms with Crippen LogP contribution < -0.4 is 0 Å². The summed E-state index contributed by atoms with van der Waals surface area (Å²) in [6.07, 6.45) is 1.78. The van der Waals surface area contributed by atoms with Crippen molar-refractivity contribution in [3.05, 3.63) is 78.1 Å². The van der Waals surface area contributed by atoms with E-state index >= 15 is 0 Å². The Bertz CT molecular complexity index is 1100. The highest BCUT2D eigenvalue weighted by atomic mass is 16.2. The van der Waals surface area contributed by atoms with E-state index in [1.165, 1.54) is 0 Å². The molecular weight excluding hydrogens is 348 g/mol. The summed E-state index contributed by atoms with van der Waals surface area (Å²) >= 11 is 0. The summed E-state index contributed by atoms with van der Waals surface area (Å²) < 4.78 is 0. The maximum absolute atomic E-state index is 13.3. The molecule has 0 atom stereocenters. The van der Waals surface area contributed by atoms with Crippen LogP contribution >= 0.6 is 0 Å². The highest BCUT2D eigenvalue weighted by molar-refractivity contribution is 6.07. The van der Waals surface area contributed by atoms with E-state index in [1.54, 1.807) is 6.20 Å². The normalized spacial score (nSPS) is 11.4. The van der Waals surface area contributed by atoms with Gasteiger partial charge in [-0.2, -0.15) is 0 Å². The summed E-state index contributed by atoms with van der Waals surface area (Å²) in [6, 6.07) is 20.1. The van der Waals surface area contributed by atoms with Gasteiger partial charge in [-0.25, -0.2) is 0 Å². The van der Waals surface area contributed by atoms with Crippen molar-refractivity contribution in [2.75, 3.05) is 27.2 Å². The van der Waals surface area contributed by atoms with Gasteiger partial charge in [0.05, 0.1) is 11.0 Å². The number of hydrogen-bond donors (Lipinski definition) is 1. The maximum Gasteiger partial charge on any atom is 0.270 e. The molecule has 5 nitrogen and oxygen atoms in total. The minimum Gasteiger partial charge on any atom is -0.349 e. The summed E-state index contributed by atoms with van der Waals surface area (Å²) in [6.45, 7) is 2.06. The number of carbonyl (C=O) groups is 1. The number of nitrogens with zero attached hydrogens (tertiary/aromatic N) is 3. The maximum atomic E-state index is 13.3. The van der Waals surface area contributed by atoms with Crippen molar-refractivity contribution in [2.45, 2.75) is 6.54 Å². The van der Waals surface area contributed by atoms with E-state index in [1.807, 2.05) is 67.5 Å². The van der Waals surface area contributed by atoms with Gasteiger partial charge in [0, 0.05) is 36.6 Å². The molecule has 0 spiro atoms. The quantitative estimate of drug-likeness (QED) is 0.558. The lowest BCUT2D eigenvalue weighted by Gasteiger charge is -2.24. The fourth-order valence-corrected chi connectivity index (χ4v) is 3.40. The molecule has 2 heterocycles. The third-order valence-corrected chi connectivity index (χ3v) is 4.92. The second-order valence-electron chi connectivity index (χ2n) is 7.30. The Kier molecular flexibility index (Phi) is 5.08. The Morgan fingerprint density at radius 2 is 1.75 bits per heavy atom. The third kappa shape index (κ3) is 3.75. The number of likely N-dealkylation sites (N-methyl/N-ethyl adjacent to an activating group) is 1. The van der Waals surface area contributed by atoms with Gasteiger partial charge >= 0.3 is 0 Å². The molecular formula is C23H24N4O. The van der Waals surface area contributed by atoms with Gasteiger partial charge in [-0.1, -0.05) is 48.5 Å². The van der Waals surface area contributed by atoms with Crippen molar-refractivity contribution in [3.63, 3.8) is 0 Å². The van der Waals surface area contributed by atoms with Crippen molar-refractivity contribution in [2.24, 2.45) is 0 Å². The average molecular weight is 372 g/mol. The largest absolute Gasteiger partial charge is 0.349 e. The number of aromatic amines is 1. The van der Waals surface area contributed by atoms with Gasteiger partial charge in [-0.15, -0.1) is 0 Å². The van der Waals surface area contributed by atoms with Gasteiger partial charge in [-0.05, 0) is 31.8 Å². The van der Waals surface area contributed by atoms with Crippen LogP contribution in [0.4, 0.5) is 0 Å². The van der Waals surface area contributed by atoms with E-state index in [-0.39, 0.29) is 5.91 Å². The molecule has 28 heavy (non-hydrogen) atoms. The van der Waals surface area contributed by atoms with Crippen LogP contribution in [0, 0.1) is 0 Å². The van der Waals surface area contributed by atoms with Crippen LogP contribution in [0.15, 0.2) is 66.9 Å². The first-order chi connectivity index (χ1) is 13.6. The predicted molar refractivity (Wildman–Crippen MR) is 113 cm³/mol. The standard InChI is InChI=1S/C23H24N4O/c1-26(2)13-14-27(16-17-7-4-3-5-8-17)23(28)20-15-19-11-10-18-9-6-12-24-21(18)22(19)25-20/h3-12,15,25H,13-14,16H2,1-2H3. The van der Waals surface area contributed by atoms with Crippen molar-refractivity contribution in [1.29, 1.82) is 0 Å². The van der Waals surface area contributed by atoms with E-state index in [0.717, 1.165) is 33.9 Å². The highest BCUT2D eigenvalue weighted by Gasteiger charge is 2.19. The number of benzene rings is 2. The minimum atomic E-state index is 0.00554. The molecule has 0 aliphatic rings. The number of amides is 1. The first-order valence-corrected chi connectivity index (χ1v) is 9.46. The van der Waals surface area contributed by atoms with Crippen molar-refractivity contribution < 1.29 is 4.79 Å². The Hall–Kier alpha value is -3.18. The molecule has 0 fully saturated rings. The van der Waals surface area contributed by atoms with Crippen molar-refractivity contribution >= 4 is 27.7 Å². The molecule has 0 bridgehead atoms. The third-order valence-electron chi connectivity index (χ3n) is 4.92. The van der Waals surface area contributed by atoms with E-state index in [0.29, 0.717) is 18.8 Å².